The van der Waals surface area contributed by atoms with Gasteiger partial charge in [-0.25, -0.2) is 4.68 Å². The third-order valence-corrected chi connectivity index (χ3v) is 5.20. The zero-order valence-corrected chi connectivity index (χ0v) is 17.0. The molecule has 0 bridgehead atoms. The number of ether oxygens (including phenoxy) is 1. The fourth-order valence-electron chi connectivity index (χ4n) is 2.32. The molecular weight excluding hydrogens is 430 g/mol. The predicted molar refractivity (Wildman–Crippen MR) is 110 cm³/mol. The third-order valence-electron chi connectivity index (χ3n) is 3.57. The minimum atomic E-state index is -0.155. The van der Waals surface area contributed by atoms with Crippen molar-refractivity contribution in [3.63, 3.8) is 0 Å². The Morgan fingerprint density at radius 1 is 1.22 bits per heavy atom. The summed E-state index contributed by atoms with van der Waals surface area (Å²) in [7, 11) is 0. The van der Waals surface area contributed by atoms with E-state index in [9.17, 15) is 4.79 Å². The Bertz CT molecular complexity index is 930. The second kappa shape index (κ2) is 8.92. The van der Waals surface area contributed by atoms with Gasteiger partial charge in [-0.05, 0) is 59.3 Å². The van der Waals surface area contributed by atoms with Crippen LogP contribution in [0.15, 0.2) is 58.2 Å². The first-order chi connectivity index (χ1) is 13.1. The third kappa shape index (κ3) is 4.81. The molecule has 0 radical (unpaired) electrons. The lowest BCUT2D eigenvalue weighted by Gasteiger charge is -2.07. The Morgan fingerprint density at radius 2 is 1.96 bits per heavy atom. The van der Waals surface area contributed by atoms with E-state index >= 15 is 0 Å². The number of nitrogens with zero attached hydrogens (tertiary/aromatic N) is 3. The average molecular weight is 448 g/mol. The van der Waals surface area contributed by atoms with E-state index in [4.69, 9.17) is 10.6 Å². The standard InChI is InChI=1S/C18H18BrN5O2S/c1-2-26-13-9-7-12(8-10-13)17-22-23-18(24(17)20)27-11-16(25)21-15-6-4-3-5-14(15)19/h3-10H,2,11,20H2,1H3,(H,21,25). The van der Waals surface area contributed by atoms with Gasteiger partial charge in [-0.2, -0.15) is 0 Å². The van der Waals surface area contributed by atoms with E-state index in [0.717, 1.165) is 15.8 Å². The van der Waals surface area contributed by atoms with E-state index in [2.05, 4.69) is 31.4 Å². The highest BCUT2D eigenvalue weighted by Gasteiger charge is 2.14. The molecule has 9 heteroatoms. The van der Waals surface area contributed by atoms with Crippen LogP contribution in [0.25, 0.3) is 11.4 Å². The fraction of sp³-hybridized carbons (Fsp3) is 0.167. The molecule has 0 spiro atoms. The van der Waals surface area contributed by atoms with Crippen LogP contribution in [-0.4, -0.2) is 33.1 Å². The maximum Gasteiger partial charge on any atom is 0.234 e. The molecule has 0 unspecified atom stereocenters. The highest BCUT2D eigenvalue weighted by molar-refractivity contribution is 9.10. The van der Waals surface area contributed by atoms with Crippen LogP contribution in [0, 0.1) is 0 Å². The van der Waals surface area contributed by atoms with Gasteiger partial charge in [0.25, 0.3) is 0 Å². The van der Waals surface area contributed by atoms with E-state index in [-0.39, 0.29) is 11.7 Å². The number of benzene rings is 2. The van der Waals surface area contributed by atoms with Crippen LogP contribution in [0.2, 0.25) is 0 Å². The Hall–Kier alpha value is -2.52. The van der Waals surface area contributed by atoms with Gasteiger partial charge in [0.15, 0.2) is 5.82 Å². The Balaban J connectivity index is 1.63. The van der Waals surface area contributed by atoms with Crippen LogP contribution in [0.1, 0.15) is 6.92 Å². The number of nitrogens with two attached hydrogens (primary N) is 1. The summed E-state index contributed by atoms with van der Waals surface area (Å²) in [5, 5.41) is 11.5. The smallest absolute Gasteiger partial charge is 0.234 e. The molecule has 0 saturated heterocycles. The topological polar surface area (TPSA) is 95.1 Å². The van der Waals surface area contributed by atoms with Gasteiger partial charge in [0.1, 0.15) is 5.75 Å². The van der Waals surface area contributed by atoms with E-state index < -0.39 is 0 Å². The Labute approximate surface area is 169 Å². The quantitative estimate of drug-likeness (QED) is 0.424. The predicted octanol–water partition coefficient (Wildman–Crippen LogP) is 3.55. The summed E-state index contributed by atoms with van der Waals surface area (Å²) < 4.78 is 7.63. The molecule has 1 heterocycles. The lowest BCUT2D eigenvalue weighted by atomic mass is 10.2. The first-order valence-corrected chi connectivity index (χ1v) is 9.97. The maximum atomic E-state index is 12.2. The van der Waals surface area contributed by atoms with Crippen LogP contribution < -0.4 is 15.9 Å². The number of nitrogens with one attached hydrogen (secondary N) is 1. The Morgan fingerprint density at radius 3 is 2.67 bits per heavy atom. The molecule has 3 aromatic rings. The number of anilines is 1. The van der Waals surface area contributed by atoms with Gasteiger partial charge >= 0.3 is 0 Å². The molecule has 0 aliphatic carbocycles. The van der Waals surface area contributed by atoms with E-state index in [1.807, 2.05) is 55.5 Å². The number of carbonyl (C=O) groups is 1. The van der Waals surface area contributed by atoms with Gasteiger partial charge in [0, 0.05) is 10.0 Å². The molecule has 1 amide bonds. The molecule has 3 N–H and O–H groups in total. The van der Waals surface area contributed by atoms with Gasteiger partial charge < -0.3 is 15.9 Å². The number of para-hydroxylation sites is 1. The summed E-state index contributed by atoms with van der Waals surface area (Å²) in [6.45, 7) is 2.54. The minimum absolute atomic E-state index is 0.155. The summed E-state index contributed by atoms with van der Waals surface area (Å²) in [5.41, 5.74) is 1.53. The van der Waals surface area contributed by atoms with Crippen LogP contribution >= 0.6 is 27.7 Å². The van der Waals surface area contributed by atoms with Crippen LogP contribution in [0.4, 0.5) is 5.69 Å². The number of rotatable bonds is 7. The average Bonchev–Trinajstić information content (AvgIpc) is 3.03. The molecule has 0 fully saturated rings. The van der Waals surface area contributed by atoms with Crippen molar-refractivity contribution >= 4 is 39.3 Å². The molecule has 0 aliphatic rings. The number of nitrogen functional groups attached to an aromatic ring is 1. The molecule has 3 rings (SSSR count). The molecule has 140 valence electrons. The van der Waals surface area contributed by atoms with Crippen molar-refractivity contribution in [2.75, 3.05) is 23.5 Å². The number of amides is 1. The molecule has 0 saturated carbocycles. The largest absolute Gasteiger partial charge is 0.494 e. The van der Waals surface area contributed by atoms with E-state index in [1.54, 1.807) is 0 Å². The summed E-state index contributed by atoms with van der Waals surface area (Å²) >= 11 is 4.62. The van der Waals surface area contributed by atoms with Crippen LogP contribution in [0.5, 0.6) is 5.75 Å². The van der Waals surface area contributed by atoms with Crippen molar-refractivity contribution in [2.24, 2.45) is 0 Å². The SMILES string of the molecule is CCOc1ccc(-c2nnc(SCC(=O)Nc3ccccc3Br)n2N)cc1. The van der Waals surface area contributed by atoms with Gasteiger partial charge in [0.2, 0.25) is 11.1 Å². The summed E-state index contributed by atoms with van der Waals surface area (Å²) in [5.74, 6) is 7.41. The molecule has 2 aromatic carbocycles. The van der Waals surface area contributed by atoms with Gasteiger partial charge in [-0.3, -0.25) is 4.79 Å². The highest BCUT2D eigenvalue weighted by Crippen LogP contribution is 2.25. The number of hydrogen-bond acceptors (Lipinski definition) is 6. The van der Waals surface area contributed by atoms with Crippen molar-refractivity contribution < 1.29 is 9.53 Å². The maximum absolute atomic E-state index is 12.2. The first-order valence-electron chi connectivity index (χ1n) is 8.19. The van der Waals surface area contributed by atoms with Crippen molar-refractivity contribution in [1.82, 2.24) is 14.9 Å². The molecular formula is C18H18BrN5O2S. The number of thioether (sulfide) groups is 1. The van der Waals surface area contributed by atoms with Gasteiger partial charge in [-0.15, -0.1) is 10.2 Å². The molecule has 27 heavy (non-hydrogen) atoms. The van der Waals surface area contributed by atoms with Crippen molar-refractivity contribution in [1.29, 1.82) is 0 Å². The minimum Gasteiger partial charge on any atom is -0.494 e. The highest BCUT2D eigenvalue weighted by atomic mass is 79.9. The number of carbonyl (C=O) groups excluding carboxylic acids is 1. The zero-order valence-electron chi connectivity index (χ0n) is 14.6. The lowest BCUT2D eigenvalue weighted by molar-refractivity contribution is -0.113. The van der Waals surface area contributed by atoms with Crippen LogP contribution in [-0.2, 0) is 4.79 Å². The van der Waals surface area contributed by atoms with Gasteiger partial charge in [0.05, 0.1) is 18.0 Å². The summed E-state index contributed by atoms with van der Waals surface area (Å²) in [4.78, 5) is 12.2. The van der Waals surface area contributed by atoms with Crippen molar-refractivity contribution in [3.8, 4) is 17.1 Å². The van der Waals surface area contributed by atoms with Gasteiger partial charge in [-0.1, -0.05) is 23.9 Å². The van der Waals surface area contributed by atoms with Crippen LogP contribution in [0.3, 0.4) is 0 Å². The van der Waals surface area contributed by atoms with Crippen molar-refractivity contribution in [3.05, 3.63) is 53.0 Å². The number of halogens is 1. The summed E-state index contributed by atoms with van der Waals surface area (Å²) in [6, 6.07) is 14.9. The molecule has 7 nitrogen and oxygen atoms in total. The van der Waals surface area contributed by atoms with Crippen molar-refractivity contribution in [2.45, 2.75) is 12.1 Å². The second-order valence-corrected chi connectivity index (χ2v) is 7.25. The monoisotopic (exact) mass is 447 g/mol. The molecule has 1 aromatic heterocycles. The Kier molecular flexibility index (Phi) is 6.36. The molecule has 0 atom stereocenters. The lowest BCUT2D eigenvalue weighted by Crippen LogP contribution is -2.16. The summed E-state index contributed by atoms with van der Waals surface area (Å²) in [6.07, 6.45) is 0. The first kappa shape index (κ1) is 19.2. The zero-order chi connectivity index (χ0) is 19.2. The normalized spacial score (nSPS) is 10.6. The fourth-order valence-corrected chi connectivity index (χ4v) is 3.36. The molecule has 0 aliphatic heterocycles. The second-order valence-electron chi connectivity index (χ2n) is 5.45. The van der Waals surface area contributed by atoms with E-state index in [0.29, 0.717) is 23.3 Å². The van der Waals surface area contributed by atoms with E-state index in [1.165, 1.54) is 16.4 Å². The number of hydrogen-bond donors (Lipinski definition) is 2. The number of aromatic nitrogens is 3.